The summed E-state index contributed by atoms with van der Waals surface area (Å²) in [6.07, 6.45) is 0. The van der Waals surface area contributed by atoms with Crippen LogP contribution >= 0.6 is 11.6 Å². The fraction of sp³-hybridized carbons (Fsp3) is 0.429. The Labute approximate surface area is 124 Å². The van der Waals surface area contributed by atoms with Gasteiger partial charge in [0.1, 0.15) is 0 Å². The van der Waals surface area contributed by atoms with Gasteiger partial charge < -0.3 is 10.2 Å². The van der Waals surface area contributed by atoms with E-state index >= 15 is 0 Å². The van der Waals surface area contributed by atoms with Crippen LogP contribution in [-0.4, -0.2) is 55.8 Å². The highest BCUT2D eigenvalue weighted by Gasteiger charge is 2.12. The summed E-state index contributed by atoms with van der Waals surface area (Å²) in [6.45, 7) is 2.24. The molecule has 2 amide bonds. The van der Waals surface area contributed by atoms with Crippen LogP contribution < -0.4 is 5.32 Å². The Morgan fingerprint density at radius 3 is 2.40 bits per heavy atom. The molecule has 1 rings (SSSR count). The van der Waals surface area contributed by atoms with E-state index in [9.17, 15) is 9.59 Å². The standard InChI is InChI=1S/C14H20ClN3O2/c1-10-5-6-11(7-12(10)15)16-13(19)8-18(4)9-14(20)17(2)3/h5-7H,8-9H2,1-4H3,(H,16,19). The molecule has 0 heterocycles. The fourth-order valence-electron chi connectivity index (χ4n) is 1.54. The van der Waals surface area contributed by atoms with E-state index in [1.54, 1.807) is 38.2 Å². The summed E-state index contributed by atoms with van der Waals surface area (Å²) in [6, 6.07) is 5.35. The predicted molar refractivity (Wildman–Crippen MR) is 81.0 cm³/mol. The Bertz CT molecular complexity index is 503. The second kappa shape index (κ2) is 7.26. The van der Waals surface area contributed by atoms with Crippen LogP contribution in [0.2, 0.25) is 5.02 Å². The van der Waals surface area contributed by atoms with Crippen LogP contribution in [0.15, 0.2) is 18.2 Å². The first-order valence-electron chi connectivity index (χ1n) is 6.24. The lowest BCUT2D eigenvalue weighted by Gasteiger charge is -2.18. The molecule has 0 aliphatic heterocycles. The molecule has 0 fully saturated rings. The highest BCUT2D eigenvalue weighted by Crippen LogP contribution is 2.19. The van der Waals surface area contributed by atoms with Gasteiger partial charge in [0.2, 0.25) is 11.8 Å². The summed E-state index contributed by atoms with van der Waals surface area (Å²) in [5.41, 5.74) is 1.61. The van der Waals surface area contributed by atoms with Crippen molar-refractivity contribution >= 4 is 29.1 Å². The summed E-state index contributed by atoms with van der Waals surface area (Å²) >= 11 is 5.99. The van der Waals surface area contributed by atoms with E-state index in [-0.39, 0.29) is 24.9 Å². The van der Waals surface area contributed by atoms with Gasteiger partial charge in [-0.25, -0.2) is 0 Å². The molecule has 5 nitrogen and oxygen atoms in total. The lowest BCUT2D eigenvalue weighted by molar-refractivity contribution is -0.130. The van der Waals surface area contributed by atoms with Crippen molar-refractivity contribution in [1.82, 2.24) is 9.80 Å². The Balaban J connectivity index is 2.50. The zero-order chi connectivity index (χ0) is 15.3. The van der Waals surface area contributed by atoms with Crippen molar-refractivity contribution in [1.29, 1.82) is 0 Å². The Hall–Kier alpha value is -1.59. The van der Waals surface area contributed by atoms with Crippen molar-refractivity contribution in [2.45, 2.75) is 6.92 Å². The molecule has 0 unspecified atom stereocenters. The van der Waals surface area contributed by atoms with Crippen molar-refractivity contribution in [3.05, 3.63) is 28.8 Å². The number of benzene rings is 1. The van der Waals surface area contributed by atoms with Gasteiger partial charge in [0.05, 0.1) is 13.1 Å². The molecule has 0 spiro atoms. The topological polar surface area (TPSA) is 52.7 Å². The van der Waals surface area contributed by atoms with Gasteiger partial charge in [0, 0.05) is 24.8 Å². The highest BCUT2D eigenvalue weighted by molar-refractivity contribution is 6.31. The average Bonchev–Trinajstić information content (AvgIpc) is 2.33. The van der Waals surface area contributed by atoms with Crippen LogP contribution in [0.4, 0.5) is 5.69 Å². The van der Waals surface area contributed by atoms with Crippen molar-refractivity contribution in [2.24, 2.45) is 0 Å². The van der Waals surface area contributed by atoms with Gasteiger partial charge in [0.25, 0.3) is 0 Å². The van der Waals surface area contributed by atoms with Gasteiger partial charge in [0.15, 0.2) is 0 Å². The minimum atomic E-state index is -0.182. The molecule has 0 aromatic heterocycles. The van der Waals surface area contributed by atoms with E-state index in [4.69, 9.17) is 11.6 Å². The largest absolute Gasteiger partial charge is 0.348 e. The summed E-state index contributed by atoms with van der Waals surface area (Å²) < 4.78 is 0. The number of carbonyl (C=O) groups is 2. The molecule has 1 aromatic rings. The number of halogens is 1. The highest BCUT2D eigenvalue weighted by atomic mass is 35.5. The minimum Gasteiger partial charge on any atom is -0.348 e. The first kappa shape index (κ1) is 16.5. The number of likely N-dealkylation sites (N-methyl/N-ethyl adjacent to an activating group) is 2. The molecule has 110 valence electrons. The molecule has 0 aliphatic carbocycles. The molecule has 0 bridgehead atoms. The second-order valence-electron chi connectivity index (χ2n) is 4.97. The van der Waals surface area contributed by atoms with Crippen LogP contribution in [0.5, 0.6) is 0 Å². The van der Waals surface area contributed by atoms with Crippen molar-refractivity contribution in [3.63, 3.8) is 0 Å². The van der Waals surface area contributed by atoms with Crippen LogP contribution in [-0.2, 0) is 9.59 Å². The molecule has 1 N–H and O–H groups in total. The molecule has 0 atom stereocenters. The number of hydrogen-bond donors (Lipinski definition) is 1. The zero-order valence-electron chi connectivity index (χ0n) is 12.2. The first-order valence-corrected chi connectivity index (χ1v) is 6.62. The van der Waals surface area contributed by atoms with E-state index in [0.717, 1.165) is 5.56 Å². The van der Waals surface area contributed by atoms with E-state index < -0.39 is 0 Å². The molecule has 20 heavy (non-hydrogen) atoms. The normalized spacial score (nSPS) is 10.5. The Kier molecular flexibility index (Phi) is 5.98. The fourth-order valence-corrected chi connectivity index (χ4v) is 1.73. The molecule has 0 radical (unpaired) electrons. The van der Waals surface area contributed by atoms with E-state index in [2.05, 4.69) is 5.32 Å². The van der Waals surface area contributed by atoms with E-state index in [1.807, 2.05) is 13.0 Å². The molecular formula is C14H20ClN3O2. The van der Waals surface area contributed by atoms with E-state index in [1.165, 1.54) is 4.90 Å². The average molecular weight is 298 g/mol. The van der Waals surface area contributed by atoms with Gasteiger partial charge in [-0.3, -0.25) is 14.5 Å². The molecule has 0 saturated carbocycles. The maximum Gasteiger partial charge on any atom is 0.238 e. The smallest absolute Gasteiger partial charge is 0.238 e. The van der Waals surface area contributed by atoms with Crippen molar-refractivity contribution in [2.75, 3.05) is 39.5 Å². The maximum atomic E-state index is 11.8. The summed E-state index contributed by atoms with van der Waals surface area (Å²) in [7, 11) is 5.10. The predicted octanol–water partition coefficient (Wildman–Crippen LogP) is 1.61. The molecule has 0 aliphatic rings. The number of rotatable bonds is 5. The third kappa shape index (κ3) is 5.19. The Morgan fingerprint density at radius 2 is 1.85 bits per heavy atom. The third-order valence-corrected chi connectivity index (χ3v) is 3.18. The molecule has 6 heteroatoms. The minimum absolute atomic E-state index is 0.0429. The quantitative estimate of drug-likeness (QED) is 0.898. The van der Waals surface area contributed by atoms with Crippen molar-refractivity contribution < 1.29 is 9.59 Å². The zero-order valence-corrected chi connectivity index (χ0v) is 13.0. The number of anilines is 1. The number of nitrogens with one attached hydrogen (secondary N) is 1. The monoisotopic (exact) mass is 297 g/mol. The number of nitrogens with zero attached hydrogens (tertiary/aromatic N) is 2. The lowest BCUT2D eigenvalue weighted by Crippen LogP contribution is -2.38. The maximum absolute atomic E-state index is 11.8. The summed E-state index contributed by atoms with van der Waals surface area (Å²) in [5.74, 6) is -0.224. The van der Waals surface area contributed by atoms with E-state index in [0.29, 0.717) is 10.7 Å². The number of amides is 2. The molecular weight excluding hydrogens is 278 g/mol. The van der Waals surface area contributed by atoms with Crippen LogP contribution in [0.1, 0.15) is 5.56 Å². The SMILES string of the molecule is Cc1ccc(NC(=O)CN(C)CC(=O)N(C)C)cc1Cl. The van der Waals surface area contributed by atoms with Crippen LogP contribution in [0.3, 0.4) is 0 Å². The van der Waals surface area contributed by atoms with Gasteiger partial charge in [-0.05, 0) is 31.7 Å². The van der Waals surface area contributed by atoms with Gasteiger partial charge in [-0.2, -0.15) is 0 Å². The van der Waals surface area contributed by atoms with Crippen molar-refractivity contribution in [3.8, 4) is 0 Å². The Morgan fingerprint density at radius 1 is 1.20 bits per heavy atom. The summed E-state index contributed by atoms with van der Waals surface area (Å²) in [4.78, 5) is 26.5. The third-order valence-electron chi connectivity index (χ3n) is 2.77. The first-order chi connectivity index (χ1) is 9.29. The van der Waals surface area contributed by atoms with Crippen LogP contribution in [0.25, 0.3) is 0 Å². The summed E-state index contributed by atoms with van der Waals surface area (Å²) in [5, 5.41) is 3.36. The van der Waals surface area contributed by atoms with Gasteiger partial charge in [-0.1, -0.05) is 17.7 Å². The number of aryl methyl sites for hydroxylation is 1. The molecule has 0 saturated heterocycles. The number of carbonyl (C=O) groups excluding carboxylic acids is 2. The van der Waals surface area contributed by atoms with Gasteiger partial charge in [-0.15, -0.1) is 0 Å². The molecule has 1 aromatic carbocycles. The van der Waals surface area contributed by atoms with Crippen LogP contribution in [0, 0.1) is 6.92 Å². The second-order valence-corrected chi connectivity index (χ2v) is 5.38. The van der Waals surface area contributed by atoms with Gasteiger partial charge >= 0.3 is 0 Å². The number of hydrogen-bond acceptors (Lipinski definition) is 3. The lowest BCUT2D eigenvalue weighted by atomic mass is 10.2.